The summed E-state index contributed by atoms with van der Waals surface area (Å²) >= 11 is 12.3. The van der Waals surface area contributed by atoms with Crippen LogP contribution in [0.4, 0.5) is 5.69 Å². The molecule has 6 heteroatoms. The maximum atomic E-state index is 12.7. The van der Waals surface area contributed by atoms with Crippen LogP contribution in [0.15, 0.2) is 36.5 Å². The van der Waals surface area contributed by atoms with Crippen molar-refractivity contribution < 1.29 is 4.79 Å². The first-order valence-electron chi connectivity index (χ1n) is 8.24. The summed E-state index contributed by atoms with van der Waals surface area (Å²) in [7, 11) is 0. The van der Waals surface area contributed by atoms with E-state index in [2.05, 4.69) is 28.8 Å². The Bertz CT molecular complexity index is 960. The monoisotopic (exact) mass is 373 g/mol. The summed E-state index contributed by atoms with van der Waals surface area (Å²) in [6.07, 6.45) is 4.25. The van der Waals surface area contributed by atoms with Gasteiger partial charge in [0.1, 0.15) is 5.65 Å². The largest absolute Gasteiger partial charge is 0.323 e. The average Bonchev–Trinajstić information content (AvgIpc) is 2.94. The zero-order valence-electron chi connectivity index (χ0n) is 13.7. The lowest BCUT2D eigenvalue weighted by atomic mass is 9.89. The Morgan fingerprint density at radius 3 is 2.80 bits per heavy atom. The Kier molecular flexibility index (Phi) is 4.18. The van der Waals surface area contributed by atoms with E-state index in [4.69, 9.17) is 28.2 Å². The van der Waals surface area contributed by atoms with Crippen molar-refractivity contribution in [2.75, 3.05) is 5.32 Å². The molecule has 4 rings (SSSR count). The van der Waals surface area contributed by atoms with Crippen molar-refractivity contribution in [2.24, 2.45) is 5.92 Å². The SMILES string of the molecule is Cc1ccn2c3c(nc2c1)CCC(C(=O)Nc1c(Cl)cccc1Cl)C3. The van der Waals surface area contributed by atoms with E-state index in [1.807, 2.05) is 6.20 Å². The Labute approximate surface area is 155 Å². The van der Waals surface area contributed by atoms with Crippen LogP contribution in [0.3, 0.4) is 0 Å². The molecule has 0 radical (unpaired) electrons. The first-order chi connectivity index (χ1) is 12.0. The minimum absolute atomic E-state index is 0.0530. The number of hydrogen-bond acceptors (Lipinski definition) is 2. The molecule has 1 aliphatic carbocycles. The number of benzene rings is 1. The first-order valence-corrected chi connectivity index (χ1v) is 9.00. The third-order valence-electron chi connectivity index (χ3n) is 4.71. The van der Waals surface area contributed by atoms with Gasteiger partial charge in [-0.1, -0.05) is 29.3 Å². The highest BCUT2D eigenvalue weighted by Crippen LogP contribution is 2.32. The highest BCUT2D eigenvalue weighted by atomic mass is 35.5. The zero-order chi connectivity index (χ0) is 17.6. The van der Waals surface area contributed by atoms with Gasteiger partial charge in [0.05, 0.1) is 21.4 Å². The van der Waals surface area contributed by atoms with Crippen LogP contribution in [0.5, 0.6) is 0 Å². The van der Waals surface area contributed by atoms with Gasteiger partial charge < -0.3 is 9.72 Å². The molecule has 0 saturated carbocycles. The molecule has 2 aromatic heterocycles. The molecule has 3 aromatic rings. The highest BCUT2D eigenvalue weighted by molar-refractivity contribution is 6.39. The molecule has 128 valence electrons. The summed E-state index contributed by atoms with van der Waals surface area (Å²) in [5.74, 6) is -0.177. The Hall–Kier alpha value is -2.04. The van der Waals surface area contributed by atoms with Crippen LogP contribution in [0.2, 0.25) is 10.0 Å². The van der Waals surface area contributed by atoms with Crippen molar-refractivity contribution in [3.63, 3.8) is 0 Å². The van der Waals surface area contributed by atoms with E-state index in [-0.39, 0.29) is 11.8 Å². The van der Waals surface area contributed by atoms with Gasteiger partial charge in [0.25, 0.3) is 0 Å². The topological polar surface area (TPSA) is 46.4 Å². The van der Waals surface area contributed by atoms with Crippen molar-refractivity contribution in [3.05, 3.63) is 63.5 Å². The van der Waals surface area contributed by atoms with Gasteiger partial charge in [0.2, 0.25) is 5.91 Å². The molecule has 1 N–H and O–H groups in total. The second-order valence-electron chi connectivity index (χ2n) is 6.46. The van der Waals surface area contributed by atoms with Gasteiger partial charge in [-0.15, -0.1) is 0 Å². The number of pyridine rings is 1. The second-order valence-corrected chi connectivity index (χ2v) is 7.28. The fourth-order valence-electron chi connectivity index (χ4n) is 3.38. The molecule has 0 bridgehead atoms. The molecule has 0 spiro atoms. The number of carbonyl (C=O) groups excluding carboxylic acids is 1. The van der Waals surface area contributed by atoms with Crippen LogP contribution in [-0.4, -0.2) is 15.3 Å². The number of nitrogens with one attached hydrogen (secondary N) is 1. The quantitative estimate of drug-likeness (QED) is 0.707. The van der Waals surface area contributed by atoms with Crippen molar-refractivity contribution in [3.8, 4) is 0 Å². The minimum Gasteiger partial charge on any atom is -0.323 e. The standard InChI is InChI=1S/C19H17Cl2N3O/c1-11-7-8-24-16-10-12(5-6-15(16)22-17(24)9-11)19(25)23-18-13(20)3-2-4-14(18)21/h2-4,7-9,12H,5-6,10H2,1H3,(H,23,25). The molecule has 1 unspecified atom stereocenters. The lowest BCUT2D eigenvalue weighted by Gasteiger charge is -2.22. The number of anilines is 1. The number of imidazole rings is 1. The number of carbonyl (C=O) groups is 1. The zero-order valence-corrected chi connectivity index (χ0v) is 15.2. The van der Waals surface area contributed by atoms with E-state index in [0.29, 0.717) is 22.2 Å². The fraction of sp³-hybridized carbons (Fsp3) is 0.263. The molecule has 1 amide bonds. The number of aromatic nitrogens is 2. The fourth-order valence-corrected chi connectivity index (χ4v) is 3.87. The van der Waals surface area contributed by atoms with Crippen LogP contribution in [-0.2, 0) is 17.6 Å². The summed E-state index contributed by atoms with van der Waals surface area (Å²) in [5.41, 5.74) is 4.81. The molecule has 25 heavy (non-hydrogen) atoms. The van der Waals surface area contributed by atoms with E-state index in [1.54, 1.807) is 18.2 Å². The Morgan fingerprint density at radius 1 is 1.28 bits per heavy atom. The third kappa shape index (κ3) is 3.00. The van der Waals surface area contributed by atoms with Gasteiger partial charge >= 0.3 is 0 Å². The van der Waals surface area contributed by atoms with Crippen molar-refractivity contribution >= 4 is 40.4 Å². The first kappa shape index (κ1) is 16.4. The lowest BCUT2D eigenvalue weighted by Crippen LogP contribution is -2.28. The van der Waals surface area contributed by atoms with E-state index >= 15 is 0 Å². The van der Waals surface area contributed by atoms with Gasteiger partial charge in [-0.2, -0.15) is 0 Å². The molecule has 0 aliphatic heterocycles. The molecule has 2 heterocycles. The molecule has 0 saturated heterocycles. The van der Waals surface area contributed by atoms with E-state index in [9.17, 15) is 4.79 Å². The number of halogens is 2. The predicted octanol–water partition coefficient (Wildman–Crippen LogP) is 4.69. The molecule has 4 nitrogen and oxygen atoms in total. The Morgan fingerprint density at radius 2 is 2.04 bits per heavy atom. The molecule has 0 fully saturated rings. The number of amides is 1. The van der Waals surface area contributed by atoms with Crippen LogP contribution in [0, 0.1) is 12.8 Å². The Balaban J connectivity index is 1.59. The number of rotatable bonds is 2. The molecular weight excluding hydrogens is 357 g/mol. The smallest absolute Gasteiger partial charge is 0.227 e. The molecule has 1 aliphatic rings. The van der Waals surface area contributed by atoms with Crippen LogP contribution in [0.25, 0.3) is 5.65 Å². The maximum Gasteiger partial charge on any atom is 0.227 e. The average molecular weight is 374 g/mol. The maximum absolute atomic E-state index is 12.7. The number of nitrogens with zero attached hydrogens (tertiary/aromatic N) is 2. The number of aryl methyl sites for hydroxylation is 2. The molecular formula is C19H17Cl2N3O. The lowest BCUT2D eigenvalue weighted by molar-refractivity contribution is -0.120. The van der Waals surface area contributed by atoms with Gasteiger partial charge in [-0.25, -0.2) is 4.98 Å². The van der Waals surface area contributed by atoms with Crippen LogP contribution < -0.4 is 5.32 Å². The second kappa shape index (κ2) is 6.36. The summed E-state index contributed by atoms with van der Waals surface area (Å²) in [6, 6.07) is 9.32. The van der Waals surface area contributed by atoms with Crippen LogP contribution >= 0.6 is 23.2 Å². The van der Waals surface area contributed by atoms with E-state index < -0.39 is 0 Å². The van der Waals surface area contributed by atoms with Crippen LogP contribution in [0.1, 0.15) is 23.4 Å². The van der Waals surface area contributed by atoms with E-state index in [0.717, 1.165) is 29.9 Å². The van der Waals surface area contributed by atoms with Gasteiger partial charge in [-0.05, 0) is 49.6 Å². The number of para-hydroxylation sites is 1. The summed E-state index contributed by atoms with van der Waals surface area (Å²) in [5, 5.41) is 3.79. The number of fused-ring (bicyclic) bond motifs is 3. The number of hydrogen-bond donors (Lipinski definition) is 1. The van der Waals surface area contributed by atoms with Gasteiger partial charge in [-0.3, -0.25) is 4.79 Å². The van der Waals surface area contributed by atoms with Gasteiger partial charge in [0.15, 0.2) is 0 Å². The molecule has 1 aromatic carbocycles. The van der Waals surface area contributed by atoms with E-state index in [1.165, 1.54) is 5.56 Å². The highest BCUT2D eigenvalue weighted by Gasteiger charge is 2.28. The summed E-state index contributed by atoms with van der Waals surface area (Å²) in [4.78, 5) is 17.4. The normalized spacial score (nSPS) is 16.7. The van der Waals surface area contributed by atoms with Crippen molar-refractivity contribution in [2.45, 2.75) is 26.2 Å². The summed E-state index contributed by atoms with van der Waals surface area (Å²) < 4.78 is 2.09. The predicted molar refractivity (Wildman–Crippen MR) is 101 cm³/mol. The van der Waals surface area contributed by atoms with Crippen molar-refractivity contribution in [1.82, 2.24) is 9.38 Å². The van der Waals surface area contributed by atoms with Crippen molar-refractivity contribution in [1.29, 1.82) is 0 Å². The third-order valence-corrected chi connectivity index (χ3v) is 5.34. The minimum atomic E-state index is -0.124. The van der Waals surface area contributed by atoms with Gasteiger partial charge in [0, 0.05) is 24.2 Å². The molecule has 1 atom stereocenters. The summed E-state index contributed by atoms with van der Waals surface area (Å²) in [6.45, 7) is 2.05.